The van der Waals surface area contributed by atoms with Gasteiger partial charge in [-0.05, 0) is 29.8 Å². The Kier molecular flexibility index (Phi) is 4.86. The van der Waals surface area contributed by atoms with Crippen LogP contribution in [0.1, 0.15) is 5.56 Å². The largest absolute Gasteiger partial charge is 0.480 e. The Morgan fingerprint density at radius 2 is 1.85 bits per heavy atom. The van der Waals surface area contributed by atoms with Crippen LogP contribution in [-0.4, -0.2) is 51.0 Å². The number of morpholine rings is 1. The van der Waals surface area contributed by atoms with Gasteiger partial charge in [-0.1, -0.05) is 24.3 Å². The van der Waals surface area contributed by atoms with Gasteiger partial charge in [0.05, 0.1) is 18.1 Å². The Bertz CT molecular complexity index is 929. The third kappa shape index (κ3) is 3.69. The van der Waals surface area contributed by atoms with Crippen molar-refractivity contribution < 1.29 is 22.7 Å². The summed E-state index contributed by atoms with van der Waals surface area (Å²) in [5.41, 5.74) is 1.41. The molecule has 1 N–H and O–H groups in total. The number of fused-ring (bicyclic) bond motifs is 1. The number of nitrogens with one attached hydrogen (secondary N) is 1. The first-order valence-electron chi connectivity index (χ1n) is 8.77. The van der Waals surface area contributed by atoms with E-state index >= 15 is 0 Å². The van der Waals surface area contributed by atoms with Crippen molar-refractivity contribution in [1.82, 2.24) is 4.31 Å². The van der Waals surface area contributed by atoms with E-state index in [4.69, 9.17) is 9.47 Å². The highest BCUT2D eigenvalue weighted by Crippen LogP contribution is 2.29. The third-order valence-corrected chi connectivity index (χ3v) is 6.54. The van der Waals surface area contributed by atoms with Crippen molar-refractivity contribution in [2.75, 3.05) is 31.6 Å². The van der Waals surface area contributed by atoms with Crippen LogP contribution in [0.5, 0.6) is 5.75 Å². The third-order valence-electron chi connectivity index (χ3n) is 4.65. The maximum Gasteiger partial charge on any atom is 0.265 e. The lowest BCUT2D eigenvalue weighted by Crippen LogP contribution is -2.40. The zero-order chi connectivity index (χ0) is 18.9. The monoisotopic (exact) mass is 388 g/mol. The van der Waals surface area contributed by atoms with E-state index in [2.05, 4.69) is 5.32 Å². The zero-order valence-electron chi connectivity index (χ0n) is 14.6. The molecule has 4 rings (SSSR count). The number of benzene rings is 2. The number of hydrogen-bond acceptors (Lipinski definition) is 5. The van der Waals surface area contributed by atoms with E-state index in [1.807, 2.05) is 24.3 Å². The van der Waals surface area contributed by atoms with Crippen LogP contribution >= 0.6 is 0 Å². The van der Waals surface area contributed by atoms with Crippen LogP contribution in [0.25, 0.3) is 0 Å². The van der Waals surface area contributed by atoms with E-state index in [1.165, 1.54) is 16.4 Å². The Morgan fingerprint density at radius 1 is 1.07 bits per heavy atom. The lowest BCUT2D eigenvalue weighted by molar-refractivity contribution is -0.122. The van der Waals surface area contributed by atoms with Crippen molar-refractivity contribution >= 4 is 21.6 Å². The van der Waals surface area contributed by atoms with Gasteiger partial charge in [0.1, 0.15) is 5.75 Å². The van der Waals surface area contributed by atoms with Gasteiger partial charge in [0.15, 0.2) is 6.10 Å². The predicted octanol–water partition coefficient (Wildman–Crippen LogP) is 1.65. The average molecular weight is 388 g/mol. The fourth-order valence-corrected chi connectivity index (χ4v) is 4.68. The first-order chi connectivity index (χ1) is 13.0. The fraction of sp³-hybridized carbons (Fsp3) is 0.316. The molecular weight excluding hydrogens is 368 g/mol. The molecule has 0 aromatic heterocycles. The van der Waals surface area contributed by atoms with E-state index in [9.17, 15) is 13.2 Å². The molecule has 8 heteroatoms. The molecule has 0 spiro atoms. The molecule has 0 bridgehead atoms. The Balaban J connectivity index is 1.47. The molecule has 2 aromatic rings. The van der Waals surface area contributed by atoms with Gasteiger partial charge in [-0.15, -0.1) is 0 Å². The van der Waals surface area contributed by atoms with Crippen LogP contribution < -0.4 is 10.1 Å². The second-order valence-corrected chi connectivity index (χ2v) is 8.39. The van der Waals surface area contributed by atoms with Crippen LogP contribution in [0.4, 0.5) is 5.69 Å². The zero-order valence-corrected chi connectivity index (χ0v) is 15.4. The molecule has 0 saturated carbocycles. The normalized spacial score (nSPS) is 19.9. The van der Waals surface area contributed by atoms with E-state index in [-0.39, 0.29) is 10.8 Å². The van der Waals surface area contributed by atoms with Gasteiger partial charge in [0.2, 0.25) is 10.0 Å². The van der Waals surface area contributed by atoms with Gasteiger partial charge in [0, 0.05) is 25.2 Å². The molecule has 0 aliphatic carbocycles. The molecule has 7 nitrogen and oxygen atoms in total. The topological polar surface area (TPSA) is 84.9 Å². The molecule has 2 aliphatic rings. The Labute approximate surface area is 157 Å². The van der Waals surface area contributed by atoms with Crippen LogP contribution in [-0.2, 0) is 26.0 Å². The first kappa shape index (κ1) is 18.0. The van der Waals surface area contributed by atoms with Crippen molar-refractivity contribution in [2.24, 2.45) is 0 Å². The van der Waals surface area contributed by atoms with E-state index in [0.717, 1.165) is 5.56 Å². The molecule has 27 heavy (non-hydrogen) atoms. The van der Waals surface area contributed by atoms with Crippen molar-refractivity contribution in [2.45, 2.75) is 17.4 Å². The summed E-state index contributed by atoms with van der Waals surface area (Å²) in [5.74, 6) is 0.411. The lowest BCUT2D eigenvalue weighted by Gasteiger charge is -2.26. The summed E-state index contributed by atoms with van der Waals surface area (Å²) in [6.07, 6.45) is -0.129. The summed E-state index contributed by atoms with van der Waals surface area (Å²) < 4.78 is 37.8. The number of carbonyl (C=O) groups excluding carboxylic acids is 1. The molecule has 1 amide bonds. The van der Waals surface area contributed by atoms with Gasteiger partial charge >= 0.3 is 0 Å². The van der Waals surface area contributed by atoms with Crippen LogP contribution in [0, 0.1) is 0 Å². The summed E-state index contributed by atoms with van der Waals surface area (Å²) in [6.45, 7) is 1.42. The second kappa shape index (κ2) is 7.30. The number of sulfonamides is 1. The van der Waals surface area contributed by atoms with Gasteiger partial charge in [-0.2, -0.15) is 4.31 Å². The molecule has 0 unspecified atom stereocenters. The maximum atomic E-state index is 12.8. The molecule has 2 aliphatic heterocycles. The van der Waals surface area contributed by atoms with E-state index < -0.39 is 16.1 Å². The van der Waals surface area contributed by atoms with Crippen molar-refractivity contribution in [3.63, 3.8) is 0 Å². The minimum atomic E-state index is -3.61. The Hall–Kier alpha value is -2.42. The molecule has 2 heterocycles. The number of para-hydroxylation sites is 1. The minimum absolute atomic E-state index is 0.151. The standard InChI is InChI=1S/C19H20N2O5S/c22-19(18-12-14-4-1-2-7-17(14)26-18)20-15-5-3-6-16(13-15)27(23,24)21-8-10-25-11-9-21/h1-7,13,18H,8-12H2,(H,20,22)/t18-/m1/s1. The molecule has 0 radical (unpaired) electrons. The SMILES string of the molecule is O=C(Nc1cccc(S(=O)(=O)N2CCOCC2)c1)[C@H]1Cc2ccccc2O1. The first-order valence-corrected chi connectivity index (χ1v) is 10.2. The van der Waals surface area contributed by atoms with Gasteiger partial charge in [0.25, 0.3) is 5.91 Å². The number of rotatable bonds is 4. The molecule has 1 fully saturated rings. The Morgan fingerprint density at radius 3 is 2.63 bits per heavy atom. The molecular formula is C19H20N2O5S. The summed E-state index contributed by atoms with van der Waals surface area (Å²) in [4.78, 5) is 12.7. The van der Waals surface area contributed by atoms with Crippen LogP contribution in [0.3, 0.4) is 0 Å². The fourth-order valence-electron chi connectivity index (χ4n) is 3.22. The number of carbonyl (C=O) groups is 1. The molecule has 142 valence electrons. The number of anilines is 1. The summed E-state index contributed by atoms with van der Waals surface area (Å²) in [6, 6.07) is 13.8. The van der Waals surface area contributed by atoms with E-state index in [1.54, 1.807) is 12.1 Å². The van der Waals surface area contributed by atoms with Crippen molar-refractivity contribution in [3.05, 3.63) is 54.1 Å². The molecule has 1 saturated heterocycles. The maximum absolute atomic E-state index is 12.8. The highest BCUT2D eigenvalue weighted by atomic mass is 32.2. The number of nitrogens with zero attached hydrogens (tertiary/aromatic N) is 1. The van der Waals surface area contributed by atoms with Gasteiger partial charge in [-0.3, -0.25) is 4.79 Å². The van der Waals surface area contributed by atoms with E-state index in [0.29, 0.717) is 44.2 Å². The highest BCUT2D eigenvalue weighted by Gasteiger charge is 2.30. The lowest BCUT2D eigenvalue weighted by atomic mass is 10.1. The summed E-state index contributed by atoms with van der Waals surface area (Å²) in [7, 11) is -3.61. The quantitative estimate of drug-likeness (QED) is 0.861. The molecule has 2 aromatic carbocycles. The van der Waals surface area contributed by atoms with Crippen LogP contribution in [0.2, 0.25) is 0 Å². The molecule has 1 atom stereocenters. The van der Waals surface area contributed by atoms with Gasteiger partial charge in [-0.25, -0.2) is 8.42 Å². The van der Waals surface area contributed by atoms with Crippen molar-refractivity contribution in [1.29, 1.82) is 0 Å². The van der Waals surface area contributed by atoms with Crippen molar-refractivity contribution in [3.8, 4) is 5.75 Å². The summed E-state index contributed by atoms with van der Waals surface area (Å²) >= 11 is 0. The smallest absolute Gasteiger partial charge is 0.265 e. The second-order valence-electron chi connectivity index (χ2n) is 6.45. The number of ether oxygens (including phenoxy) is 2. The van der Waals surface area contributed by atoms with Gasteiger partial charge < -0.3 is 14.8 Å². The summed E-state index contributed by atoms with van der Waals surface area (Å²) in [5, 5.41) is 2.76. The minimum Gasteiger partial charge on any atom is -0.480 e. The number of amides is 1. The van der Waals surface area contributed by atoms with Crippen LogP contribution in [0.15, 0.2) is 53.4 Å². The number of hydrogen-bond donors (Lipinski definition) is 1. The predicted molar refractivity (Wildman–Crippen MR) is 99.2 cm³/mol. The average Bonchev–Trinajstić information content (AvgIpc) is 3.13. The highest BCUT2D eigenvalue weighted by molar-refractivity contribution is 7.89.